The highest BCUT2D eigenvalue weighted by Crippen LogP contribution is 2.30. The Morgan fingerprint density at radius 3 is 2.71 bits per heavy atom. The smallest absolute Gasteiger partial charge is 0.257 e. The van der Waals surface area contributed by atoms with E-state index >= 15 is 0 Å². The fourth-order valence-corrected chi connectivity index (χ4v) is 6.22. The number of ether oxygens (including phenoxy) is 1. The average Bonchev–Trinajstić information content (AvgIpc) is 3.11. The lowest BCUT2D eigenvalue weighted by atomic mass is 10.0. The molecule has 1 saturated heterocycles. The van der Waals surface area contributed by atoms with Crippen LogP contribution in [0.4, 0.5) is 5.13 Å². The minimum Gasteiger partial charge on any atom is -0.379 e. The summed E-state index contributed by atoms with van der Waals surface area (Å²) in [5.74, 6) is -0.343. The van der Waals surface area contributed by atoms with E-state index < -0.39 is 10.0 Å². The van der Waals surface area contributed by atoms with Crippen LogP contribution >= 0.6 is 11.3 Å². The minimum atomic E-state index is -3.66. The van der Waals surface area contributed by atoms with Crippen LogP contribution in [0, 0.1) is 6.92 Å². The lowest BCUT2D eigenvalue weighted by Gasteiger charge is -2.26. The summed E-state index contributed by atoms with van der Waals surface area (Å²) in [6, 6.07) is 4.79. The zero-order valence-electron chi connectivity index (χ0n) is 15.7. The summed E-state index contributed by atoms with van der Waals surface area (Å²) in [6.07, 6.45) is 4.25. The van der Waals surface area contributed by atoms with Crippen LogP contribution in [-0.4, -0.2) is 49.9 Å². The van der Waals surface area contributed by atoms with Gasteiger partial charge in [-0.15, -0.1) is 11.3 Å². The van der Waals surface area contributed by atoms with E-state index in [1.807, 2.05) is 0 Å². The van der Waals surface area contributed by atoms with Crippen molar-refractivity contribution in [3.63, 3.8) is 0 Å². The lowest BCUT2D eigenvalue weighted by molar-refractivity contribution is 0.0730. The monoisotopic (exact) mass is 421 g/mol. The van der Waals surface area contributed by atoms with Crippen molar-refractivity contribution in [2.45, 2.75) is 37.5 Å². The largest absolute Gasteiger partial charge is 0.379 e. The number of thiazole rings is 1. The minimum absolute atomic E-state index is 0.167. The number of rotatable bonds is 4. The van der Waals surface area contributed by atoms with Crippen molar-refractivity contribution in [1.82, 2.24) is 9.29 Å². The van der Waals surface area contributed by atoms with Crippen LogP contribution in [0.1, 0.15) is 39.3 Å². The zero-order chi connectivity index (χ0) is 19.7. The second-order valence-corrected chi connectivity index (χ2v) is 10.0. The van der Waals surface area contributed by atoms with Crippen molar-refractivity contribution in [3.05, 3.63) is 39.9 Å². The normalized spacial score (nSPS) is 17.9. The lowest BCUT2D eigenvalue weighted by Crippen LogP contribution is -2.40. The van der Waals surface area contributed by atoms with Crippen LogP contribution in [0.15, 0.2) is 23.1 Å². The van der Waals surface area contributed by atoms with Crippen molar-refractivity contribution in [3.8, 4) is 0 Å². The number of anilines is 1. The summed E-state index contributed by atoms with van der Waals surface area (Å²) in [5, 5.41) is 3.41. The van der Waals surface area contributed by atoms with Gasteiger partial charge in [-0.1, -0.05) is 6.07 Å². The molecule has 1 amide bonds. The van der Waals surface area contributed by atoms with Gasteiger partial charge in [0.1, 0.15) is 0 Å². The van der Waals surface area contributed by atoms with Crippen LogP contribution in [0.3, 0.4) is 0 Å². The summed E-state index contributed by atoms with van der Waals surface area (Å²) in [7, 11) is -3.66. The quantitative estimate of drug-likeness (QED) is 0.820. The Morgan fingerprint density at radius 2 is 1.96 bits per heavy atom. The first-order chi connectivity index (χ1) is 13.4. The van der Waals surface area contributed by atoms with Gasteiger partial charge in [-0.25, -0.2) is 13.4 Å². The molecule has 0 unspecified atom stereocenters. The third-order valence-electron chi connectivity index (χ3n) is 5.10. The van der Waals surface area contributed by atoms with Crippen molar-refractivity contribution in [1.29, 1.82) is 0 Å². The highest BCUT2D eigenvalue weighted by molar-refractivity contribution is 7.89. The molecule has 1 aliphatic heterocycles. The van der Waals surface area contributed by atoms with Gasteiger partial charge in [0.25, 0.3) is 5.91 Å². The predicted molar refractivity (Wildman–Crippen MR) is 107 cm³/mol. The Morgan fingerprint density at radius 1 is 1.21 bits per heavy atom. The van der Waals surface area contributed by atoms with Crippen LogP contribution in [0.5, 0.6) is 0 Å². The van der Waals surface area contributed by atoms with E-state index in [1.165, 1.54) is 26.6 Å². The Labute approximate surface area is 168 Å². The van der Waals surface area contributed by atoms with E-state index in [-0.39, 0.29) is 10.8 Å². The molecule has 2 heterocycles. The number of fused-ring (bicyclic) bond motifs is 1. The number of amides is 1. The topological polar surface area (TPSA) is 88.6 Å². The van der Waals surface area contributed by atoms with E-state index in [2.05, 4.69) is 10.3 Å². The predicted octanol–water partition coefficient (Wildman–Crippen LogP) is 2.60. The molecule has 1 N–H and O–H groups in total. The Bertz CT molecular complexity index is 971. The first kappa shape index (κ1) is 19.5. The number of aromatic nitrogens is 1. The van der Waals surface area contributed by atoms with Crippen LogP contribution in [-0.2, 0) is 27.6 Å². The first-order valence-corrected chi connectivity index (χ1v) is 11.7. The van der Waals surface area contributed by atoms with Crippen molar-refractivity contribution < 1.29 is 17.9 Å². The van der Waals surface area contributed by atoms with Gasteiger partial charge in [-0.2, -0.15) is 4.31 Å². The molecule has 1 fully saturated rings. The maximum absolute atomic E-state index is 13.0. The SMILES string of the molecule is Cc1ccc(C(=O)Nc2nc3c(s2)CCCC3)cc1S(=O)(=O)N1CCOCC1. The summed E-state index contributed by atoms with van der Waals surface area (Å²) in [6.45, 7) is 3.15. The van der Waals surface area contributed by atoms with Crippen molar-refractivity contribution in [2.75, 3.05) is 31.6 Å². The van der Waals surface area contributed by atoms with Crippen molar-refractivity contribution >= 4 is 32.4 Å². The molecule has 1 aliphatic carbocycles. The molecule has 1 aromatic carbocycles. The fraction of sp³-hybridized carbons (Fsp3) is 0.474. The Balaban J connectivity index is 1.57. The van der Waals surface area contributed by atoms with E-state index in [0.717, 1.165) is 31.4 Å². The molecule has 0 atom stereocenters. The van der Waals surface area contributed by atoms with Gasteiger partial charge in [0, 0.05) is 23.5 Å². The Kier molecular flexibility index (Phi) is 5.50. The number of nitrogens with one attached hydrogen (secondary N) is 1. The number of benzene rings is 1. The molecule has 2 aliphatic rings. The molecule has 0 radical (unpaired) electrons. The van der Waals surface area contributed by atoms with Gasteiger partial charge in [0.2, 0.25) is 10.0 Å². The standard InChI is InChI=1S/C19H23N3O4S2/c1-13-6-7-14(12-17(13)28(24,25)22-8-10-26-11-9-22)18(23)21-19-20-15-4-2-3-5-16(15)27-19/h6-7,12H,2-5,8-11H2,1H3,(H,20,21,23). The van der Waals surface area contributed by atoms with E-state index in [4.69, 9.17) is 4.74 Å². The molecular weight excluding hydrogens is 398 g/mol. The second-order valence-electron chi connectivity index (χ2n) is 7.05. The molecule has 4 rings (SSSR count). The molecule has 150 valence electrons. The zero-order valence-corrected chi connectivity index (χ0v) is 17.4. The van der Waals surface area contributed by atoms with Gasteiger partial charge in [0.05, 0.1) is 23.8 Å². The van der Waals surface area contributed by atoms with Crippen molar-refractivity contribution in [2.24, 2.45) is 0 Å². The Hall–Kier alpha value is -1.81. The number of carbonyl (C=O) groups is 1. The number of aryl methyl sites for hydroxylation is 3. The van der Waals surface area contributed by atoms with Crippen LogP contribution in [0.2, 0.25) is 0 Å². The molecule has 9 heteroatoms. The van der Waals surface area contributed by atoms with Crippen LogP contribution < -0.4 is 5.32 Å². The van der Waals surface area contributed by atoms with E-state index in [0.29, 0.717) is 42.6 Å². The number of sulfonamides is 1. The number of nitrogens with zero attached hydrogens (tertiary/aromatic N) is 2. The van der Waals surface area contributed by atoms with Gasteiger partial charge < -0.3 is 4.74 Å². The molecule has 0 saturated carbocycles. The molecule has 0 spiro atoms. The number of carbonyl (C=O) groups excluding carboxylic acids is 1. The summed E-state index contributed by atoms with van der Waals surface area (Å²) < 4.78 is 32.7. The molecule has 28 heavy (non-hydrogen) atoms. The number of hydrogen-bond acceptors (Lipinski definition) is 6. The van der Waals surface area contributed by atoms with E-state index in [9.17, 15) is 13.2 Å². The van der Waals surface area contributed by atoms with Gasteiger partial charge in [-0.05, 0) is 50.3 Å². The maximum Gasteiger partial charge on any atom is 0.257 e. The third-order valence-corrected chi connectivity index (χ3v) is 8.22. The molecule has 7 nitrogen and oxygen atoms in total. The van der Waals surface area contributed by atoms with Gasteiger partial charge in [0.15, 0.2) is 5.13 Å². The highest BCUT2D eigenvalue weighted by Gasteiger charge is 2.28. The molecule has 0 bridgehead atoms. The van der Waals surface area contributed by atoms with E-state index in [1.54, 1.807) is 19.1 Å². The number of morpholine rings is 1. The van der Waals surface area contributed by atoms with Gasteiger partial charge in [-0.3, -0.25) is 10.1 Å². The summed E-state index contributed by atoms with van der Waals surface area (Å²) in [5.41, 5.74) is 2.00. The average molecular weight is 422 g/mol. The molecule has 1 aromatic heterocycles. The molecule has 2 aromatic rings. The number of hydrogen-bond donors (Lipinski definition) is 1. The summed E-state index contributed by atoms with van der Waals surface area (Å²) >= 11 is 1.51. The second kappa shape index (κ2) is 7.90. The maximum atomic E-state index is 13.0. The first-order valence-electron chi connectivity index (χ1n) is 9.43. The van der Waals surface area contributed by atoms with Crippen LogP contribution in [0.25, 0.3) is 0 Å². The third kappa shape index (κ3) is 3.84. The molecular formula is C19H23N3O4S2. The highest BCUT2D eigenvalue weighted by atomic mass is 32.2. The fourth-order valence-electron chi connectivity index (χ4n) is 3.52. The summed E-state index contributed by atoms with van der Waals surface area (Å²) in [4.78, 5) is 18.6. The van der Waals surface area contributed by atoms with Gasteiger partial charge >= 0.3 is 0 Å².